The summed E-state index contributed by atoms with van der Waals surface area (Å²) in [5.74, 6) is 7.30. The highest BCUT2D eigenvalue weighted by molar-refractivity contribution is 5.83. The minimum absolute atomic E-state index is 0.129. The number of amides is 4. The fourth-order valence-corrected chi connectivity index (χ4v) is 5.57. The Kier molecular flexibility index (Phi) is 12.4. The Hall–Kier alpha value is -6.14. The third-order valence-electron chi connectivity index (χ3n) is 8.32. The van der Waals surface area contributed by atoms with E-state index in [1.165, 1.54) is 14.2 Å². The number of H-pyrrole nitrogens is 2. The number of nitrogens with zero attached hydrogens (tertiary/aromatic N) is 4. The van der Waals surface area contributed by atoms with Crippen molar-refractivity contribution in [2.24, 2.45) is 0 Å². The van der Waals surface area contributed by atoms with Gasteiger partial charge in [-0.15, -0.1) is 0 Å². The van der Waals surface area contributed by atoms with E-state index in [2.05, 4.69) is 57.2 Å². The van der Waals surface area contributed by atoms with Gasteiger partial charge in [-0.3, -0.25) is 9.59 Å². The van der Waals surface area contributed by atoms with E-state index in [-0.39, 0.29) is 37.5 Å². The third-order valence-corrected chi connectivity index (χ3v) is 8.32. The van der Waals surface area contributed by atoms with E-state index >= 15 is 0 Å². The van der Waals surface area contributed by atoms with Crippen molar-refractivity contribution in [1.29, 1.82) is 0 Å². The summed E-state index contributed by atoms with van der Waals surface area (Å²) in [5, 5.41) is 7.90. The quantitative estimate of drug-likeness (QED) is 0.139. The summed E-state index contributed by atoms with van der Waals surface area (Å²) in [6, 6.07) is 15.4. The molecule has 0 saturated carbocycles. The Bertz CT molecular complexity index is 1870. The number of imidazole rings is 2. The van der Waals surface area contributed by atoms with Crippen LogP contribution >= 0.6 is 0 Å². The van der Waals surface area contributed by atoms with Gasteiger partial charge in [0.05, 0.1) is 50.6 Å². The van der Waals surface area contributed by atoms with E-state index in [4.69, 9.17) is 0 Å². The Morgan fingerprint density at radius 2 is 1.45 bits per heavy atom. The highest BCUT2D eigenvalue weighted by Crippen LogP contribution is 2.31. The van der Waals surface area contributed by atoms with Crippen molar-refractivity contribution in [3.8, 4) is 34.4 Å². The maximum atomic E-state index is 12.7. The molecule has 1 saturated heterocycles. The molecule has 1 aliphatic rings. The highest BCUT2D eigenvalue weighted by atomic mass is 16.5. The second-order valence-corrected chi connectivity index (χ2v) is 11.7. The van der Waals surface area contributed by atoms with Crippen LogP contribution in [0.4, 0.5) is 9.59 Å². The summed E-state index contributed by atoms with van der Waals surface area (Å²) in [6.45, 7) is 1.58. The molecule has 1 unspecified atom stereocenters. The lowest BCUT2D eigenvalue weighted by molar-refractivity contribution is -0.131. The predicted molar refractivity (Wildman–Crippen MR) is 188 cm³/mol. The first-order valence-corrected chi connectivity index (χ1v) is 16.4. The molecule has 266 valence electrons. The second kappa shape index (κ2) is 17.5. The molecule has 0 spiro atoms. The first-order valence-electron chi connectivity index (χ1n) is 16.4. The molecule has 5 N–H and O–H groups in total. The van der Waals surface area contributed by atoms with Gasteiger partial charge in [0.15, 0.2) is 0 Å². The molecule has 15 nitrogen and oxygen atoms in total. The number of hydrogen-bond donors (Lipinski definition) is 5. The molecular weight excluding hydrogens is 654 g/mol. The lowest BCUT2D eigenvalue weighted by atomic mass is 10.1. The van der Waals surface area contributed by atoms with Crippen LogP contribution in [0, 0.1) is 11.8 Å². The Morgan fingerprint density at radius 3 is 2.06 bits per heavy atom. The number of likely N-dealkylation sites (tertiary alicyclic amines) is 1. The maximum Gasteiger partial charge on any atom is 0.407 e. The zero-order valence-electron chi connectivity index (χ0n) is 28.7. The average Bonchev–Trinajstić information content (AvgIpc) is 3.95. The highest BCUT2D eigenvalue weighted by Gasteiger charge is 2.32. The minimum atomic E-state index is -0.666. The molecule has 1 atom stereocenters. The zero-order chi connectivity index (χ0) is 36.2. The molecule has 3 heterocycles. The molecule has 2 aromatic heterocycles. The molecule has 51 heavy (non-hydrogen) atoms. The van der Waals surface area contributed by atoms with Crippen LogP contribution < -0.4 is 16.0 Å². The standard InChI is InChI=1S/C36H41N9O6/c1-37-16-18-44(32(46)21-40-35(48)50-2)23-31-38-19-28(42-31)26-12-8-24(9-13-26)6-7-25-10-14-27(15-11-25)29-20-39-34(43-29)30-5-4-17-45(30)33(47)22-41-36(49)51-3/h8-15,19-20,30,37H,4-5,16-18,21-23H2,1-3H3,(H,38,42)(H,39,43)(H,40,48)(H,41,49). The number of aromatic amines is 2. The van der Waals surface area contributed by atoms with Crippen molar-refractivity contribution in [3.63, 3.8) is 0 Å². The van der Waals surface area contributed by atoms with Crippen LogP contribution in [0.3, 0.4) is 0 Å². The van der Waals surface area contributed by atoms with Gasteiger partial charge < -0.3 is 45.2 Å². The van der Waals surface area contributed by atoms with Crippen molar-refractivity contribution in [2.45, 2.75) is 25.4 Å². The molecule has 1 aliphatic heterocycles. The van der Waals surface area contributed by atoms with Gasteiger partial charge in [0.1, 0.15) is 24.7 Å². The van der Waals surface area contributed by atoms with Gasteiger partial charge in [0, 0.05) is 30.8 Å². The monoisotopic (exact) mass is 695 g/mol. The smallest absolute Gasteiger partial charge is 0.407 e. The van der Waals surface area contributed by atoms with Gasteiger partial charge in [0.2, 0.25) is 11.8 Å². The van der Waals surface area contributed by atoms with Gasteiger partial charge in [-0.25, -0.2) is 19.6 Å². The van der Waals surface area contributed by atoms with Gasteiger partial charge in [-0.2, -0.15) is 0 Å². The Labute approximate surface area is 295 Å². The number of benzene rings is 2. The fourth-order valence-electron chi connectivity index (χ4n) is 5.57. The van der Waals surface area contributed by atoms with Gasteiger partial charge in [0.25, 0.3) is 0 Å². The van der Waals surface area contributed by atoms with Crippen LogP contribution in [-0.2, 0) is 25.6 Å². The number of alkyl carbamates (subject to hydrolysis) is 2. The van der Waals surface area contributed by atoms with Gasteiger partial charge in [-0.05, 0) is 55.3 Å². The molecule has 15 heteroatoms. The normalized spacial score (nSPS) is 13.5. The number of aromatic nitrogens is 4. The Morgan fingerprint density at radius 1 is 0.863 bits per heavy atom. The van der Waals surface area contributed by atoms with Crippen molar-refractivity contribution in [2.75, 3.05) is 54.0 Å². The summed E-state index contributed by atoms with van der Waals surface area (Å²) in [6.07, 6.45) is 3.81. The van der Waals surface area contributed by atoms with Crippen LogP contribution in [0.25, 0.3) is 22.5 Å². The van der Waals surface area contributed by atoms with Crippen LogP contribution in [0.2, 0.25) is 0 Å². The zero-order valence-corrected chi connectivity index (χ0v) is 28.7. The number of carbonyl (C=O) groups is 4. The number of rotatable bonds is 12. The summed E-state index contributed by atoms with van der Waals surface area (Å²) in [7, 11) is 4.31. The Balaban J connectivity index is 1.17. The molecule has 0 bridgehead atoms. The van der Waals surface area contributed by atoms with Gasteiger partial charge in [-0.1, -0.05) is 36.1 Å². The lowest BCUT2D eigenvalue weighted by Crippen LogP contribution is -2.42. The molecule has 5 rings (SSSR count). The van der Waals surface area contributed by atoms with Crippen molar-refractivity contribution < 1.29 is 28.7 Å². The first-order chi connectivity index (χ1) is 24.8. The topological polar surface area (TPSA) is 187 Å². The molecule has 4 amide bonds. The minimum Gasteiger partial charge on any atom is -0.453 e. The number of likely N-dealkylation sites (N-methyl/N-ethyl adjacent to an activating group) is 1. The molecule has 0 radical (unpaired) electrons. The van der Waals surface area contributed by atoms with E-state index in [0.29, 0.717) is 31.3 Å². The van der Waals surface area contributed by atoms with Crippen LogP contribution in [0.1, 0.15) is 41.7 Å². The van der Waals surface area contributed by atoms with Gasteiger partial charge >= 0.3 is 12.2 Å². The molecular formula is C36H41N9O6. The van der Waals surface area contributed by atoms with E-state index in [0.717, 1.165) is 46.5 Å². The van der Waals surface area contributed by atoms with E-state index in [1.54, 1.807) is 29.2 Å². The molecule has 2 aromatic carbocycles. The number of nitrogens with one attached hydrogen (secondary N) is 5. The summed E-state index contributed by atoms with van der Waals surface area (Å²) >= 11 is 0. The summed E-state index contributed by atoms with van der Waals surface area (Å²) < 4.78 is 9.11. The van der Waals surface area contributed by atoms with Crippen LogP contribution in [-0.4, -0.2) is 108 Å². The molecule has 1 fully saturated rings. The van der Waals surface area contributed by atoms with Crippen molar-refractivity contribution in [3.05, 3.63) is 83.7 Å². The van der Waals surface area contributed by atoms with E-state index in [1.807, 2.05) is 48.5 Å². The van der Waals surface area contributed by atoms with E-state index in [9.17, 15) is 19.2 Å². The number of methoxy groups -OCH3 is 2. The number of carbonyl (C=O) groups excluding carboxylic acids is 4. The summed E-state index contributed by atoms with van der Waals surface area (Å²) in [5.41, 5.74) is 5.20. The third kappa shape index (κ3) is 9.73. The van der Waals surface area contributed by atoms with Crippen LogP contribution in [0.15, 0.2) is 60.9 Å². The lowest BCUT2D eigenvalue weighted by Gasteiger charge is -2.23. The van der Waals surface area contributed by atoms with E-state index < -0.39 is 12.2 Å². The fraction of sp³-hybridized carbons (Fsp3) is 0.333. The van der Waals surface area contributed by atoms with Crippen molar-refractivity contribution >= 4 is 24.0 Å². The molecule has 4 aromatic rings. The maximum absolute atomic E-state index is 12.7. The van der Waals surface area contributed by atoms with Crippen molar-refractivity contribution in [1.82, 2.24) is 45.7 Å². The largest absolute Gasteiger partial charge is 0.453 e. The number of hydrogen-bond acceptors (Lipinski definition) is 9. The van der Waals surface area contributed by atoms with Crippen LogP contribution in [0.5, 0.6) is 0 Å². The molecule has 0 aliphatic carbocycles. The SMILES string of the molecule is CNCCN(Cc1ncc(-c2ccc(C#Cc3ccc(-c4cnc(C5CCCN5C(=O)CNC(=O)OC)[nH]4)cc3)cc2)[nH]1)C(=O)CNC(=O)OC. The average molecular weight is 696 g/mol. The second-order valence-electron chi connectivity index (χ2n) is 11.7. The number of ether oxygens (including phenoxy) is 2. The summed E-state index contributed by atoms with van der Waals surface area (Å²) in [4.78, 5) is 67.2. The predicted octanol–water partition coefficient (Wildman–Crippen LogP) is 2.79. The first kappa shape index (κ1) is 36.1.